The molecule has 1 amide bonds. The second-order valence-corrected chi connectivity index (χ2v) is 9.52. The number of imidazole rings is 1. The number of primary amides is 1. The molecule has 2 aromatic carbocycles. The summed E-state index contributed by atoms with van der Waals surface area (Å²) in [6, 6.07) is 16.5. The third kappa shape index (κ3) is 4.79. The van der Waals surface area contributed by atoms with Gasteiger partial charge in [-0.2, -0.15) is 13.2 Å². The Morgan fingerprint density at radius 1 is 1.05 bits per heavy atom. The van der Waals surface area contributed by atoms with Crippen molar-refractivity contribution in [2.75, 3.05) is 0 Å². The minimum Gasteiger partial charge on any atom is -0.484 e. The Hall–Kier alpha value is -4.18. The van der Waals surface area contributed by atoms with Gasteiger partial charge in [-0.1, -0.05) is 24.3 Å². The van der Waals surface area contributed by atoms with Crippen LogP contribution in [0.2, 0.25) is 0 Å². The quantitative estimate of drug-likeness (QED) is 0.269. The van der Waals surface area contributed by atoms with E-state index in [2.05, 4.69) is 9.97 Å². The lowest BCUT2D eigenvalue weighted by Gasteiger charge is -2.19. The largest absolute Gasteiger partial charge is 0.484 e. The van der Waals surface area contributed by atoms with E-state index in [-0.39, 0.29) is 16.2 Å². The number of fused-ring (bicyclic) bond motifs is 1. The van der Waals surface area contributed by atoms with Crippen molar-refractivity contribution in [3.05, 3.63) is 94.9 Å². The standard InChI is InChI=1S/C27H21F3N4O2S/c1-15-11-18(9-10-32-15)17-7-8-22-21(12-17)33-14-34(22)24-13-23(25(37-24)26(31)35)36-16(2)19-5-3-4-6-20(19)27(28,29)30/h3-14,16H,1-2H3,(H2,31,35)/t16-/m1/s1. The summed E-state index contributed by atoms with van der Waals surface area (Å²) in [5.74, 6) is -0.620. The number of amides is 1. The summed E-state index contributed by atoms with van der Waals surface area (Å²) in [6.07, 6.45) is -2.15. The minimum atomic E-state index is -4.54. The molecule has 0 radical (unpaired) electrons. The highest BCUT2D eigenvalue weighted by molar-refractivity contribution is 7.16. The van der Waals surface area contributed by atoms with Gasteiger partial charge in [0.05, 0.1) is 16.6 Å². The van der Waals surface area contributed by atoms with Gasteiger partial charge in [0, 0.05) is 23.5 Å². The molecule has 10 heteroatoms. The topological polar surface area (TPSA) is 83.0 Å². The molecule has 3 aromatic heterocycles. The Morgan fingerprint density at radius 3 is 2.54 bits per heavy atom. The number of pyridine rings is 1. The van der Waals surface area contributed by atoms with Crippen molar-refractivity contribution in [2.45, 2.75) is 26.1 Å². The van der Waals surface area contributed by atoms with E-state index in [4.69, 9.17) is 10.5 Å². The molecule has 1 atom stereocenters. The molecule has 0 saturated carbocycles. The number of rotatable bonds is 6. The van der Waals surface area contributed by atoms with Crippen LogP contribution in [0.25, 0.3) is 27.2 Å². The van der Waals surface area contributed by atoms with Crippen molar-refractivity contribution in [1.82, 2.24) is 14.5 Å². The molecule has 0 aliphatic rings. The van der Waals surface area contributed by atoms with Gasteiger partial charge in [-0.3, -0.25) is 14.3 Å². The van der Waals surface area contributed by atoms with Gasteiger partial charge in [0.25, 0.3) is 5.91 Å². The molecular formula is C27H21F3N4O2S. The second-order valence-electron chi connectivity index (χ2n) is 8.49. The van der Waals surface area contributed by atoms with Crippen LogP contribution in [-0.2, 0) is 6.18 Å². The van der Waals surface area contributed by atoms with E-state index < -0.39 is 23.8 Å². The third-order valence-electron chi connectivity index (χ3n) is 5.93. The highest BCUT2D eigenvalue weighted by Gasteiger charge is 2.35. The van der Waals surface area contributed by atoms with Crippen LogP contribution in [-0.4, -0.2) is 20.4 Å². The maximum absolute atomic E-state index is 13.5. The molecule has 0 aliphatic heterocycles. The number of benzene rings is 2. The molecule has 0 spiro atoms. The van der Waals surface area contributed by atoms with Crippen LogP contribution in [0.5, 0.6) is 5.75 Å². The number of nitrogens with two attached hydrogens (primary N) is 1. The van der Waals surface area contributed by atoms with Crippen LogP contribution >= 0.6 is 11.3 Å². The summed E-state index contributed by atoms with van der Waals surface area (Å²) in [4.78, 5) is 21.0. The van der Waals surface area contributed by atoms with Gasteiger partial charge in [0.1, 0.15) is 28.1 Å². The van der Waals surface area contributed by atoms with Crippen LogP contribution in [0.4, 0.5) is 13.2 Å². The van der Waals surface area contributed by atoms with E-state index in [0.717, 1.165) is 45.3 Å². The molecule has 188 valence electrons. The fourth-order valence-electron chi connectivity index (χ4n) is 4.20. The number of hydrogen-bond donors (Lipinski definition) is 1. The van der Waals surface area contributed by atoms with E-state index in [1.165, 1.54) is 25.1 Å². The van der Waals surface area contributed by atoms with E-state index in [9.17, 15) is 18.0 Å². The monoisotopic (exact) mass is 522 g/mol. The first-order valence-corrected chi connectivity index (χ1v) is 12.1. The molecule has 0 bridgehead atoms. The number of thiophene rings is 1. The van der Waals surface area contributed by atoms with Crippen LogP contribution < -0.4 is 10.5 Å². The van der Waals surface area contributed by atoms with E-state index in [1.54, 1.807) is 23.2 Å². The average molecular weight is 523 g/mol. The summed E-state index contributed by atoms with van der Waals surface area (Å²) in [5, 5.41) is 0.593. The molecule has 0 unspecified atom stereocenters. The summed E-state index contributed by atoms with van der Waals surface area (Å²) in [7, 11) is 0. The summed E-state index contributed by atoms with van der Waals surface area (Å²) < 4.78 is 48.2. The first-order valence-electron chi connectivity index (χ1n) is 11.3. The molecule has 6 nitrogen and oxygen atoms in total. The van der Waals surface area contributed by atoms with E-state index in [1.807, 2.05) is 37.3 Å². The molecule has 0 fully saturated rings. The number of aromatic nitrogens is 3. The number of nitrogens with zero attached hydrogens (tertiary/aromatic N) is 3. The fourth-order valence-corrected chi connectivity index (χ4v) is 5.12. The zero-order valence-electron chi connectivity index (χ0n) is 19.8. The highest BCUT2D eigenvalue weighted by Crippen LogP contribution is 2.39. The van der Waals surface area contributed by atoms with Gasteiger partial charge in [0.15, 0.2) is 0 Å². The fraction of sp³-hybridized carbons (Fsp3) is 0.148. The Morgan fingerprint density at radius 2 is 1.81 bits per heavy atom. The number of halogens is 3. The molecule has 0 saturated heterocycles. The molecule has 5 aromatic rings. The average Bonchev–Trinajstić information content (AvgIpc) is 3.47. The lowest BCUT2D eigenvalue weighted by atomic mass is 10.0. The molecular weight excluding hydrogens is 501 g/mol. The van der Waals surface area contributed by atoms with Crippen LogP contribution in [0.3, 0.4) is 0 Å². The zero-order chi connectivity index (χ0) is 26.3. The molecule has 37 heavy (non-hydrogen) atoms. The van der Waals surface area contributed by atoms with Crippen molar-refractivity contribution in [2.24, 2.45) is 5.73 Å². The SMILES string of the molecule is Cc1cc(-c2ccc3c(c2)ncn3-c2cc(O[C@H](C)c3ccccc3C(F)(F)F)c(C(N)=O)s2)ccn1. The number of carbonyl (C=O) groups is 1. The maximum atomic E-state index is 13.5. The maximum Gasteiger partial charge on any atom is 0.416 e. The third-order valence-corrected chi connectivity index (χ3v) is 7.06. The number of ether oxygens (including phenoxy) is 1. The van der Waals surface area contributed by atoms with Gasteiger partial charge in [0.2, 0.25) is 0 Å². The number of carbonyl (C=O) groups excluding carboxylic acids is 1. The van der Waals surface area contributed by atoms with Crippen molar-refractivity contribution in [3.63, 3.8) is 0 Å². The Kier molecular flexibility index (Phi) is 6.20. The lowest BCUT2D eigenvalue weighted by molar-refractivity contribution is -0.138. The number of alkyl halides is 3. The Labute approximate surface area is 214 Å². The predicted octanol–water partition coefficient (Wildman–Crippen LogP) is 6.72. The number of aryl methyl sites for hydroxylation is 1. The van der Waals surface area contributed by atoms with E-state index >= 15 is 0 Å². The molecule has 2 N–H and O–H groups in total. The smallest absolute Gasteiger partial charge is 0.416 e. The van der Waals surface area contributed by atoms with Gasteiger partial charge in [-0.15, -0.1) is 11.3 Å². The van der Waals surface area contributed by atoms with Gasteiger partial charge < -0.3 is 10.5 Å². The Bertz CT molecular complexity index is 1620. The van der Waals surface area contributed by atoms with Gasteiger partial charge in [-0.25, -0.2) is 4.98 Å². The Balaban J connectivity index is 1.50. The first kappa shape index (κ1) is 24.5. The van der Waals surface area contributed by atoms with E-state index in [0.29, 0.717) is 5.00 Å². The van der Waals surface area contributed by atoms with Crippen molar-refractivity contribution in [3.8, 4) is 21.9 Å². The second kappa shape index (κ2) is 9.36. The first-order chi connectivity index (χ1) is 17.6. The highest BCUT2D eigenvalue weighted by atomic mass is 32.1. The number of hydrogen-bond acceptors (Lipinski definition) is 5. The molecule has 3 heterocycles. The predicted molar refractivity (Wildman–Crippen MR) is 136 cm³/mol. The van der Waals surface area contributed by atoms with Crippen molar-refractivity contribution in [1.29, 1.82) is 0 Å². The van der Waals surface area contributed by atoms with Crippen LogP contribution in [0, 0.1) is 6.92 Å². The normalized spacial score (nSPS) is 12.6. The van der Waals surface area contributed by atoms with Gasteiger partial charge in [-0.05, 0) is 55.3 Å². The van der Waals surface area contributed by atoms with Crippen molar-refractivity contribution >= 4 is 28.3 Å². The van der Waals surface area contributed by atoms with Crippen LogP contribution in [0.15, 0.2) is 73.2 Å². The summed E-state index contributed by atoms with van der Waals surface area (Å²) in [5.41, 5.74) is 9.17. The van der Waals surface area contributed by atoms with Crippen molar-refractivity contribution < 1.29 is 22.7 Å². The van der Waals surface area contributed by atoms with Crippen LogP contribution in [0.1, 0.15) is 39.5 Å². The summed E-state index contributed by atoms with van der Waals surface area (Å²) in [6.45, 7) is 3.42. The van der Waals surface area contributed by atoms with Gasteiger partial charge >= 0.3 is 6.18 Å². The zero-order valence-corrected chi connectivity index (χ0v) is 20.6. The summed E-state index contributed by atoms with van der Waals surface area (Å²) >= 11 is 1.08. The molecule has 5 rings (SSSR count). The lowest BCUT2D eigenvalue weighted by Crippen LogP contribution is -2.15. The minimum absolute atomic E-state index is 0.0369. The molecule has 0 aliphatic carbocycles.